The topological polar surface area (TPSA) is 170 Å². The number of nitrogens with zero attached hydrogens (tertiary/aromatic N) is 7. The molecule has 5 aromatic rings. The van der Waals surface area contributed by atoms with Crippen molar-refractivity contribution in [1.82, 2.24) is 35.1 Å². The van der Waals surface area contributed by atoms with E-state index >= 15 is 0 Å². The second-order valence-corrected chi connectivity index (χ2v) is 14.3. The van der Waals surface area contributed by atoms with Gasteiger partial charge in [0.2, 0.25) is 17.8 Å². The predicted molar refractivity (Wildman–Crippen MR) is 215 cm³/mol. The van der Waals surface area contributed by atoms with Crippen LogP contribution in [0.15, 0.2) is 67.1 Å². The molecule has 3 aliphatic heterocycles. The lowest BCUT2D eigenvalue weighted by Gasteiger charge is -2.37. The second kappa shape index (κ2) is 16.0. The van der Waals surface area contributed by atoms with Crippen LogP contribution in [0.4, 0.5) is 34.5 Å². The summed E-state index contributed by atoms with van der Waals surface area (Å²) in [6.45, 7) is 7.51. The SMILES string of the molecule is CCc1cc(Nc2ncc(Cl)c(Nc3ccc4nccnc4c3)n2)c(OC)cc1N1CCN(CCNc2cccc3c2CN(C2CCC(=O)NC2=O)C3=O)CC1. The number of anilines is 6. The first-order valence-corrected chi connectivity index (χ1v) is 19.1. The van der Waals surface area contributed by atoms with Gasteiger partial charge in [-0.1, -0.05) is 24.6 Å². The molecule has 16 heteroatoms. The minimum absolute atomic E-state index is 0.171. The average Bonchev–Trinajstić information content (AvgIpc) is 3.55. The monoisotopic (exact) mass is 775 g/mol. The van der Waals surface area contributed by atoms with Gasteiger partial charge in [0.15, 0.2) is 5.82 Å². The molecular formula is C40H42ClN11O4. The Morgan fingerprint density at radius 3 is 2.55 bits per heavy atom. The number of ether oxygens (including phenoxy) is 1. The smallest absolute Gasteiger partial charge is 0.255 e. The molecule has 0 saturated carbocycles. The van der Waals surface area contributed by atoms with Crippen LogP contribution in [-0.4, -0.2) is 99.9 Å². The molecule has 2 fully saturated rings. The summed E-state index contributed by atoms with van der Waals surface area (Å²) in [5, 5.41) is 12.9. The third kappa shape index (κ3) is 7.59. The number of carbonyl (C=O) groups is 3. The summed E-state index contributed by atoms with van der Waals surface area (Å²) < 4.78 is 5.87. The minimum Gasteiger partial charge on any atom is -0.494 e. The maximum Gasteiger partial charge on any atom is 0.255 e. The Morgan fingerprint density at radius 2 is 1.77 bits per heavy atom. The minimum atomic E-state index is -0.635. The first-order valence-electron chi connectivity index (χ1n) is 18.7. The van der Waals surface area contributed by atoms with Crippen molar-refractivity contribution >= 4 is 74.9 Å². The molecule has 288 valence electrons. The highest BCUT2D eigenvalue weighted by atomic mass is 35.5. The number of nitrogens with one attached hydrogen (secondary N) is 4. The zero-order chi connectivity index (χ0) is 38.8. The molecule has 5 heterocycles. The largest absolute Gasteiger partial charge is 0.494 e. The maximum absolute atomic E-state index is 13.2. The number of aromatic nitrogens is 4. The van der Waals surface area contributed by atoms with Crippen molar-refractivity contribution in [2.24, 2.45) is 0 Å². The molecule has 3 amide bonds. The van der Waals surface area contributed by atoms with Crippen LogP contribution in [0.1, 0.15) is 41.3 Å². The average molecular weight is 776 g/mol. The molecule has 3 aliphatic rings. The van der Waals surface area contributed by atoms with Crippen LogP contribution in [0.25, 0.3) is 11.0 Å². The summed E-state index contributed by atoms with van der Waals surface area (Å²) in [7, 11) is 1.66. The molecule has 0 spiro atoms. The fourth-order valence-electron chi connectivity index (χ4n) is 7.58. The van der Waals surface area contributed by atoms with Crippen LogP contribution in [0.3, 0.4) is 0 Å². The summed E-state index contributed by atoms with van der Waals surface area (Å²) in [6, 6.07) is 14.9. The van der Waals surface area contributed by atoms with E-state index in [4.69, 9.17) is 16.3 Å². The highest BCUT2D eigenvalue weighted by Crippen LogP contribution is 2.37. The fraction of sp³-hybridized carbons (Fsp3) is 0.325. The third-order valence-electron chi connectivity index (χ3n) is 10.5. The number of imide groups is 1. The molecule has 15 nitrogen and oxygen atoms in total. The first kappa shape index (κ1) is 36.9. The summed E-state index contributed by atoms with van der Waals surface area (Å²) in [5.41, 5.74) is 7.77. The van der Waals surface area contributed by atoms with Crippen LogP contribution >= 0.6 is 11.6 Å². The highest BCUT2D eigenvalue weighted by Gasteiger charge is 2.39. The maximum atomic E-state index is 13.2. The summed E-state index contributed by atoms with van der Waals surface area (Å²) in [4.78, 5) is 61.6. The van der Waals surface area contributed by atoms with Gasteiger partial charge in [0.05, 0.1) is 30.0 Å². The van der Waals surface area contributed by atoms with E-state index in [0.29, 0.717) is 47.6 Å². The number of methoxy groups -OCH3 is 1. The van der Waals surface area contributed by atoms with Gasteiger partial charge in [0, 0.05) is 98.9 Å². The van der Waals surface area contributed by atoms with Crippen molar-refractivity contribution in [2.75, 3.05) is 67.2 Å². The van der Waals surface area contributed by atoms with Gasteiger partial charge in [-0.3, -0.25) is 34.6 Å². The summed E-state index contributed by atoms with van der Waals surface area (Å²) >= 11 is 6.50. The number of hydrogen-bond donors (Lipinski definition) is 4. The number of halogens is 1. The van der Waals surface area contributed by atoms with E-state index in [2.05, 4.69) is 70.1 Å². The Kier molecular flexibility index (Phi) is 10.5. The Hall–Kier alpha value is -6.06. The number of rotatable bonds is 12. The van der Waals surface area contributed by atoms with E-state index < -0.39 is 11.9 Å². The van der Waals surface area contributed by atoms with Gasteiger partial charge >= 0.3 is 0 Å². The van der Waals surface area contributed by atoms with Crippen molar-refractivity contribution < 1.29 is 19.1 Å². The Labute approximate surface area is 328 Å². The van der Waals surface area contributed by atoms with Crippen LogP contribution in [0.2, 0.25) is 5.02 Å². The van der Waals surface area contributed by atoms with E-state index in [1.807, 2.05) is 30.3 Å². The lowest BCUT2D eigenvalue weighted by molar-refractivity contribution is -0.136. The van der Waals surface area contributed by atoms with Crippen LogP contribution in [0.5, 0.6) is 5.75 Å². The van der Waals surface area contributed by atoms with Gasteiger partial charge in [-0.05, 0) is 54.8 Å². The quantitative estimate of drug-likeness (QED) is 0.123. The molecule has 56 heavy (non-hydrogen) atoms. The highest BCUT2D eigenvalue weighted by molar-refractivity contribution is 6.33. The van der Waals surface area contributed by atoms with Crippen LogP contribution in [-0.2, 0) is 22.6 Å². The van der Waals surface area contributed by atoms with E-state index in [9.17, 15) is 14.4 Å². The number of piperazine rings is 1. The number of amides is 3. The van der Waals surface area contributed by atoms with Crippen molar-refractivity contribution in [3.63, 3.8) is 0 Å². The van der Waals surface area contributed by atoms with Crippen LogP contribution < -0.4 is 30.9 Å². The van der Waals surface area contributed by atoms with Gasteiger partial charge < -0.3 is 30.5 Å². The van der Waals surface area contributed by atoms with Crippen molar-refractivity contribution in [3.8, 4) is 5.75 Å². The number of benzene rings is 3. The summed E-state index contributed by atoms with van der Waals surface area (Å²) in [6.07, 6.45) is 6.27. The lowest BCUT2D eigenvalue weighted by Crippen LogP contribution is -2.52. The molecule has 4 N–H and O–H groups in total. The predicted octanol–water partition coefficient (Wildman–Crippen LogP) is 5.13. The number of aryl methyl sites for hydroxylation is 1. The Morgan fingerprint density at radius 1 is 0.946 bits per heavy atom. The first-order chi connectivity index (χ1) is 27.3. The van der Waals surface area contributed by atoms with Crippen molar-refractivity contribution in [1.29, 1.82) is 0 Å². The molecule has 1 atom stereocenters. The van der Waals surface area contributed by atoms with E-state index in [1.165, 1.54) is 5.56 Å². The number of piperidine rings is 1. The van der Waals surface area contributed by atoms with Gasteiger partial charge in [0.25, 0.3) is 5.91 Å². The molecule has 2 aromatic heterocycles. The Bertz CT molecular complexity index is 2320. The molecule has 0 bridgehead atoms. The van der Waals surface area contributed by atoms with E-state index in [1.54, 1.807) is 36.7 Å². The number of fused-ring (bicyclic) bond motifs is 2. The lowest BCUT2D eigenvalue weighted by atomic mass is 10.0. The molecule has 0 radical (unpaired) electrons. The third-order valence-corrected chi connectivity index (χ3v) is 10.8. The molecule has 1 unspecified atom stereocenters. The van der Waals surface area contributed by atoms with Gasteiger partial charge in [-0.25, -0.2) is 4.98 Å². The second-order valence-electron chi connectivity index (χ2n) is 13.9. The number of hydrogen-bond acceptors (Lipinski definition) is 13. The number of carbonyl (C=O) groups excluding carboxylic acids is 3. The normalized spacial score (nSPS) is 17.2. The van der Waals surface area contributed by atoms with Gasteiger partial charge in [0.1, 0.15) is 16.8 Å². The molecular weight excluding hydrogens is 734 g/mol. The van der Waals surface area contributed by atoms with Gasteiger partial charge in [-0.2, -0.15) is 4.98 Å². The van der Waals surface area contributed by atoms with Crippen LogP contribution in [0, 0.1) is 0 Å². The van der Waals surface area contributed by atoms with Crippen molar-refractivity contribution in [3.05, 3.63) is 88.8 Å². The Balaban J connectivity index is 0.880. The van der Waals surface area contributed by atoms with E-state index in [-0.39, 0.29) is 18.2 Å². The zero-order valence-corrected chi connectivity index (χ0v) is 31.9. The zero-order valence-electron chi connectivity index (χ0n) is 31.1. The fourth-order valence-corrected chi connectivity index (χ4v) is 7.72. The molecule has 2 saturated heterocycles. The molecule has 0 aliphatic carbocycles. The molecule has 8 rings (SSSR count). The van der Waals surface area contributed by atoms with E-state index in [0.717, 1.165) is 78.5 Å². The molecule has 3 aromatic carbocycles. The summed E-state index contributed by atoms with van der Waals surface area (Å²) in [5.74, 6) is 0.624. The van der Waals surface area contributed by atoms with Crippen molar-refractivity contribution in [2.45, 2.75) is 38.8 Å². The standard InChI is InChI=1S/C40H42ClN11O4/c1-3-24-19-32(47-40-45-22-28(41)37(49-40)46-25-7-8-30-31(20-25)43-12-11-42-30)35(56-2)21-34(24)51-17-15-50(16-18-51)14-13-44-29-6-4-5-26-27(29)23-52(39(26)55)33-9-10-36(53)48-38(33)54/h4-8,11-12,19-22,33,44H,3,9-10,13-18,23H2,1-2H3,(H,48,53,54)(H2,45,46,47,49). The van der Waals surface area contributed by atoms with Gasteiger partial charge in [-0.15, -0.1) is 0 Å².